The summed E-state index contributed by atoms with van der Waals surface area (Å²) >= 11 is 3.39. The van der Waals surface area contributed by atoms with E-state index in [4.69, 9.17) is 10.8 Å². The largest absolute Gasteiger partial charge is 0.481 e. The molecule has 5 nitrogen and oxygen atoms in total. The van der Waals surface area contributed by atoms with Crippen LogP contribution in [0, 0.1) is 0 Å². The van der Waals surface area contributed by atoms with Crippen LogP contribution in [0.2, 0.25) is 0 Å². The fraction of sp³-hybridized carbons (Fsp3) is 0.167. The molecule has 0 radical (unpaired) electrons. The van der Waals surface area contributed by atoms with Gasteiger partial charge in [0.1, 0.15) is 5.82 Å². The Morgan fingerprint density at radius 1 is 1.56 bits per heavy atom. The Bertz CT molecular complexity index is 568. The number of hydrogen-bond donors (Lipinski definition) is 3. The first kappa shape index (κ1) is 12.8. The first-order chi connectivity index (χ1) is 8.56. The average Bonchev–Trinajstić information content (AvgIpc) is 2.77. The second kappa shape index (κ2) is 5.32. The molecule has 94 valence electrons. The van der Waals surface area contributed by atoms with Crippen molar-refractivity contribution >= 4 is 21.9 Å². The molecule has 0 aliphatic heterocycles. The van der Waals surface area contributed by atoms with Crippen molar-refractivity contribution in [3.05, 3.63) is 40.8 Å². The number of nitrogens with one attached hydrogen (secondary N) is 1. The van der Waals surface area contributed by atoms with E-state index >= 15 is 0 Å². The number of aliphatic carboxylic acids is 1. The van der Waals surface area contributed by atoms with Crippen LogP contribution in [0.25, 0.3) is 11.3 Å². The fourth-order valence-corrected chi connectivity index (χ4v) is 2.01. The molecule has 0 aliphatic carbocycles. The summed E-state index contributed by atoms with van der Waals surface area (Å²) in [6.07, 6.45) is 1.50. The van der Waals surface area contributed by atoms with Crippen LogP contribution in [-0.2, 0) is 4.79 Å². The predicted molar refractivity (Wildman–Crippen MR) is 70.9 cm³/mol. The Balaban J connectivity index is 2.22. The molecule has 2 aromatic rings. The number of carboxylic acids is 1. The van der Waals surface area contributed by atoms with Crippen LogP contribution < -0.4 is 5.73 Å². The van der Waals surface area contributed by atoms with Gasteiger partial charge in [0, 0.05) is 10.0 Å². The summed E-state index contributed by atoms with van der Waals surface area (Å²) in [5, 5.41) is 8.68. The van der Waals surface area contributed by atoms with Crippen LogP contribution in [0.3, 0.4) is 0 Å². The third kappa shape index (κ3) is 2.96. The number of nitrogens with zero attached hydrogens (tertiary/aromatic N) is 1. The second-order valence-electron chi connectivity index (χ2n) is 3.90. The van der Waals surface area contributed by atoms with Crippen LogP contribution in [0.1, 0.15) is 18.3 Å². The molecule has 0 spiro atoms. The summed E-state index contributed by atoms with van der Waals surface area (Å²) in [6.45, 7) is 0. The zero-order valence-corrected chi connectivity index (χ0v) is 11.0. The van der Waals surface area contributed by atoms with Crippen LogP contribution in [0.4, 0.5) is 0 Å². The first-order valence-corrected chi connectivity index (χ1v) is 6.14. The van der Waals surface area contributed by atoms with Crippen molar-refractivity contribution < 1.29 is 9.90 Å². The van der Waals surface area contributed by atoms with Crippen molar-refractivity contribution in [3.63, 3.8) is 0 Å². The van der Waals surface area contributed by atoms with E-state index in [1.807, 2.05) is 24.3 Å². The quantitative estimate of drug-likeness (QED) is 0.808. The molecular weight excluding hydrogens is 298 g/mol. The Morgan fingerprint density at radius 2 is 2.33 bits per heavy atom. The fourth-order valence-electron chi connectivity index (χ4n) is 1.61. The Kier molecular flexibility index (Phi) is 3.78. The van der Waals surface area contributed by atoms with Gasteiger partial charge in [0.15, 0.2) is 0 Å². The summed E-state index contributed by atoms with van der Waals surface area (Å²) in [7, 11) is 0. The van der Waals surface area contributed by atoms with Gasteiger partial charge in [0.25, 0.3) is 0 Å². The number of carbonyl (C=O) groups is 1. The number of nitrogens with two attached hydrogens (primary N) is 1. The van der Waals surface area contributed by atoms with Crippen molar-refractivity contribution in [1.82, 2.24) is 9.97 Å². The molecule has 0 saturated carbocycles. The number of aromatic amines is 1. The number of imidazole rings is 1. The van der Waals surface area contributed by atoms with Gasteiger partial charge in [0.2, 0.25) is 0 Å². The standard InChI is InChI=1S/C12H12BrN3O2/c13-8-3-1-2-7(4-8)10-6-15-12(16-10)9(14)5-11(17)18/h1-4,6,9H,5,14H2,(H,15,16)(H,17,18). The molecule has 0 saturated heterocycles. The molecule has 1 heterocycles. The highest BCUT2D eigenvalue weighted by atomic mass is 79.9. The van der Waals surface area contributed by atoms with Crippen molar-refractivity contribution in [1.29, 1.82) is 0 Å². The van der Waals surface area contributed by atoms with Crippen molar-refractivity contribution in [3.8, 4) is 11.3 Å². The summed E-state index contributed by atoms with van der Waals surface area (Å²) in [5.74, 6) is -0.463. The van der Waals surface area contributed by atoms with Gasteiger partial charge in [-0.3, -0.25) is 4.79 Å². The van der Waals surface area contributed by atoms with Crippen molar-refractivity contribution in [2.45, 2.75) is 12.5 Å². The molecule has 18 heavy (non-hydrogen) atoms. The monoisotopic (exact) mass is 309 g/mol. The van der Waals surface area contributed by atoms with Gasteiger partial charge in [-0.25, -0.2) is 4.98 Å². The third-order valence-corrected chi connectivity index (χ3v) is 2.97. The number of H-pyrrole nitrogens is 1. The molecule has 1 atom stereocenters. The van der Waals surface area contributed by atoms with Crippen LogP contribution in [0.15, 0.2) is 34.9 Å². The molecule has 1 unspecified atom stereocenters. The van der Waals surface area contributed by atoms with Crippen LogP contribution in [0.5, 0.6) is 0 Å². The molecular formula is C12H12BrN3O2. The lowest BCUT2D eigenvalue weighted by atomic mass is 10.2. The van der Waals surface area contributed by atoms with Crippen LogP contribution >= 0.6 is 15.9 Å². The summed E-state index contributed by atoms with van der Waals surface area (Å²) < 4.78 is 0.964. The van der Waals surface area contributed by atoms with E-state index < -0.39 is 12.0 Å². The number of rotatable bonds is 4. The smallest absolute Gasteiger partial charge is 0.305 e. The Hall–Kier alpha value is -1.66. The number of benzene rings is 1. The van der Waals surface area contributed by atoms with E-state index in [-0.39, 0.29) is 6.42 Å². The Labute approximate surface area is 112 Å². The predicted octanol–water partition coefficient (Wildman–Crippen LogP) is 2.31. The lowest BCUT2D eigenvalue weighted by Gasteiger charge is -2.04. The summed E-state index contributed by atoms with van der Waals surface area (Å²) in [6, 6.07) is 7.10. The summed E-state index contributed by atoms with van der Waals surface area (Å²) in [4.78, 5) is 17.7. The normalized spacial score (nSPS) is 12.3. The maximum Gasteiger partial charge on any atom is 0.305 e. The van der Waals surface area contributed by atoms with E-state index in [1.54, 1.807) is 6.20 Å². The molecule has 1 aromatic heterocycles. The van der Waals surface area contributed by atoms with Gasteiger partial charge >= 0.3 is 5.97 Å². The third-order valence-electron chi connectivity index (χ3n) is 2.48. The SMILES string of the molecule is NC(CC(=O)O)c1ncc(-c2cccc(Br)c2)[nH]1. The van der Waals surface area contributed by atoms with Crippen LogP contribution in [-0.4, -0.2) is 21.0 Å². The zero-order valence-electron chi connectivity index (χ0n) is 9.43. The zero-order chi connectivity index (χ0) is 13.1. The van der Waals surface area contributed by atoms with Gasteiger partial charge in [-0.2, -0.15) is 0 Å². The lowest BCUT2D eigenvalue weighted by molar-refractivity contribution is -0.137. The highest BCUT2D eigenvalue weighted by Crippen LogP contribution is 2.22. The molecule has 1 aromatic carbocycles. The molecule has 6 heteroatoms. The van der Waals surface area contributed by atoms with Gasteiger partial charge in [0.05, 0.1) is 24.4 Å². The number of carboxylic acid groups (broad SMARTS) is 1. The lowest BCUT2D eigenvalue weighted by Crippen LogP contribution is -2.16. The van der Waals surface area contributed by atoms with E-state index in [0.717, 1.165) is 15.7 Å². The van der Waals surface area contributed by atoms with E-state index in [2.05, 4.69) is 25.9 Å². The minimum atomic E-state index is -0.942. The van der Waals surface area contributed by atoms with Gasteiger partial charge in [-0.1, -0.05) is 28.1 Å². The highest BCUT2D eigenvalue weighted by Gasteiger charge is 2.14. The van der Waals surface area contributed by atoms with Gasteiger partial charge in [-0.15, -0.1) is 0 Å². The highest BCUT2D eigenvalue weighted by molar-refractivity contribution is 9.10. The maximum atomic E-state index is 10.6. The Morgan fingerprint density at radius 3 is 3.00 bits per heavy atom. The molecule has 4 N–H and O–H groups in total. The number of aromatic nitrogens is 2. The number of hydrogen-bond acceptors (Lipinski definition) is 3. The topological polar surface area (TPSA) is 92.0 Å². The average molecular weight is 310 g/mol. The molecule has 0 bridgehead atoms. The van der Waals surface area contributed by atoms with Crippen molar-refractivity contribution in [2.75, 3.05) is 0 Å². The van der Waals surface area contributed by atoms with Gasteiger partial charge in [-0.05, 0) is 12.1 Å². The maximum absolute atomic E-state index is 10.6. The molecule has 0 fully saturated rings. The number of halogens is 1. The van der Waals surface area contributed by atoms with Crippen molar-refractivity contribution in [2.24, 2.45) is 5.73 Å². The van der Waals surface area contributed by atoms with E-state index in [1.165, 1.54) is 0 Å². The van der Waals surface area contributed by atoms with Gasteiger partial charge < -0.3 is 15.8 Å². The minimum Gasteiger partial charge on any atom is -0.481 e. The van der Waals surface area contributed by atoms with E-state index in [9.17, 15) is 4.79 Å². The first-order valence-electron chi connectivity index (χ1n) is 5.34. The molecule has 2 rings (SSSR count). The summed E-state index contributed by atoms with van der Waals surface area (Å²) in [5.41, 5.74) is 7.51. The molecule has 0 amide bonds. The molecule has 0 aliphatic rings. The second-order valence-corrected chi connectivity index (χ2v) is 4.81. The minimum absolute atomic E-state index is 0.147. The van der Waals surface area contributed by atoms with E-state index in [0.29, 0.717) is 5.82 Å².